The Morgan fingerprint density at radius 1 is 1.15 bits per heavy atom. The Hall–Kier alpha value is -0.475. The van der Waals surface area contributed by atoms with Crippen molar-refractivity contribution in [2.75, 3.05) is 0 Å². The summed E-state index contributed by atoms with van der Waals surface area (Å²) >= 11 is 0. The summed E-state index contributed by atoms with van der Waals surface area (Å²) < 4.78 is 4.40. The molecule has 0 rings (SSSR count). The summed E-state index contributed by atoms with van der Waals surface area (Å²) in [6.07, 6.45) is 10.3. The van der Waals surface area contributed by atoms with E-state index in [1.807, 2.05) is 6.08 Å². The molecule has 0 unspecified atom stereocenters. The molecule has 0 aliphatic carbocycles. The van der Waals surface area contributed by atoms with Crippen molar-refractivity contribution >= 4 is 7.32 Å². The predicted octanol–water partition coefficient (Wildman–Crippen LogP) is 1.85. The molecule has 0 spiro atoms. The van der Waals surface area contributed by atoms with Gasteiger partial charge in [-0.25, -0.2) is 0 Å². The van der Waals surface area contributed by atoms with Crippen molar-refractivity contribution in [2.24, 2.45) is 0 Å². The molecular formula is C9H19BO3. The lowest BCUT2D eigenvalue weighted by atomic mass is 10.1. The Kier molecular flexibility index (Phi) is 9.26. The van der Waals surface area contributed by atoms with Gasteiger partial charge >= 0.3 is 7.32 Å². The monoisotopic (exact) mass is 186 g/mol. The van der Waals surface area contributed by atoms with E-state index in [4.69, 9.17) is 10.0 Å². The highest BCUT2D eigenvalue weighted by Crippen LogP contribution is 2.05. The molecule has 76 valence electrons. The first kappa shape index (κ1) is 12.5. The summed E-state index contributed by atoms with van der Waals surface area (Å²) in [4.78, 5) is 0. The van der Waals surface area contributed by atoms with Gasteiger partial charge in [0.1, 0.15) is 0 Å². The molecule has 4 heteroatoms. The van der Waals surface area contributed by atoms with Crippen molar-refractivity contribution < 1.29 is 14.7 Å². The smallest absolute Gasteiger partial charge is 0.519 e. The minimum atomic E-state index is -1.68. The molecule has 0 bridgehead atoms. The fourth-order valence-electron chi connectivity index (χ4n) is 1.06. The summed E-state index contributed by atoms with van der Waals surface area (Å²) in [6, 6.07) is 0. The normalized spacial score (nSPS) is 10.7. The largest absolute Gasteiger partial charge is 0.707 e. The van der Waals surface area contributed by atoms with Crippen molar-refractivity contribution in [3.05, 3.63) is 12.3 Å². The van der Waals surface area contributed by atoms with Gasteiger partial charge in [0.25, 0.3) is 0 Å². The topological polar surface area (TPSA) is 49.7 Å². The molecule has 3 nitrogen and oxygen atoms in total. The van der Waals surface area contributed by atoms with Crippen LogP contribution in [0.25, 0.3) is 0 Å². The molecule has 0 fully saturated rings. The van der Waals surface area contributed by atoms with Gasteiger partial charge in [0.15, 0.2) is 0 Å². The minimum absolute atomic E-state index is 0.941. The van der Waals surface area contributed by atoms with Gasteiger partial charge < -0.3 is 14.7 Å². The molecule has 0 aromatic rings. The van der Waals surface area contributed by atoms with E-state index in [2.05, 4.69) is 11.6 Å². The Morgan fingerprint density at radius 2 is 1.85 bits per heavy atom. The van der Waals surface area contributed by atoms with Crippen LogP contribution >= 0.6 is 0 Å². The van der Waals surface area contributed by atoms with Crippen LogP contribution in [0.1, 0.15) is 45.4 Å². The first-order valence-electron chi connectivity index (χ1n) is 4.94. The lowest BCUT2D eigenvalue weighted by molar-refractivity contribution is 0.256. The van der Waals surface area contributed by atoms with Gasteiger partial charge in [-0.2, -0.15) is 0 Å². The molecular weight excluding hydrogens is 167 g/mol. The van der Waals surface area contributed by atoms with Crippen molar-refractivity contribution in [2.45, 2.75) is 45.4 Å². The number of hydrogen-bond acceptors (Lipinski definition) is 3. The molecule has 0 saturated heterocycles. The maximum atomic E-state index is 8.31. The van der Waals surface area contributed by atoms with Gasteiger partial charge in [-0.3, -0.25) is 0 Å². The van der Waals surface area contributed by atoms with Crippen LogP contribution in [0.4, 0.5) is 0 Å². The number of rotatable bonds is 8. The summed E-state index contributed by atoms with van der Waals surface area (Å²) in [5, 5.41) is 16.6. The fourth-order valence-corrected chi connectivity index (χ4v) is 1.06. The maximum Gasteiger partial charge on any atom is 0.707 e. The van der Waals surface area contributed by atoms with Gasteiger partial charge in [-0.1, -0.05) is 38.7 Å². The van der Waals surface area contributed by atoms with Gasteiger partial charge in [0, 0.05) is 0 Å². The molecule has 0 atom stereocenters. The number of hydrogen-bond donors (Lipinski definition) is 2. The van der Waals surface area contributed by atoms with E-state index in [1.165, 1.54) is 31.9 Å². The fraction of sp³-hybridized carbons (Fsp3) is 0.778. The zero-order valence-corrected chi connectivity index (χ0v) is 8.28. The molecule has 0 amide bonds. The Labute approximate surface area is 80.6 Å². The SMILES string of the molecule is CCCCCCCC=COB(O)O. The van der Waals surface area contributed by atoms with Crippen LogP contribution in [-0.4, -0.2) is 17.4 Å². The first-order chi connectivity index (χ1) is 6.27. The van der Waals surface area contributed by atoms with E-state index in [1.54, 1.807) is 0 Å². The first-order valence-corrected chi connectivity index (χ1v) is 4.94. The highest BCUT2D eigenvalue weighted by Gasteiger charge is 2.05. The van der Waals surface area contributed by atoms with Crippen molar-refractivity contribution in [1.82, 2.24) is 0 Å². The minimum Gasteiger partial charge on any atom is -0.519 e. The quantitative estimate of drug-likeness (QED) is 0.345. The average molecular weight is 186 g/mol. The summed E-state index contributed by atoms with van der Waals surface area (Å²) in [5.41, 5.74) is 0. The van der Waals surface area contributed by atoms with E-state index >= 15 is 0 Å². The molecule has 0 aromatic carbocycles. The molecule has 0 aliphatic heterocycles. The lowest BCUT2D eigenvalue weighted by Crippen LogP contribution is -2.12. The molecule has 13 heavy (non-hydrogen) atoms. The van der Waals surface area contributed by atoms with E-state index in [9.17, 15) is 0 Å². The Bertz CT molecular complexity index is 126. The van der Waals surface area contributed by atoms with Gasteiger partial charge in [0.05, 0.1) is 6.26 Å². The molecule has 0 radical (unpaired) electrons. The number of allylic oxidation sites excluding steroid dienone is 1. The predicted molar refractivity (Wildman–Crippen MR) is 53.8 cm³/mol. The van der Waals surface area contributed by atoms with E-state index in [0.29, 0.717) is 0 Å². The second-order valence-electron chi connectivity index (χ2n) is 3.04. The zero-order chi connectivity index (χ0) is 9.94. The second kappa shape index (κ2) is 9.61. The molecule has 0 heterocycles. The lowest BCUT2D eigenvalue weighted by Gasteiger charge is -1.97. The van der Waals surface area contributed by atoms with Crippen LogP contribution in [0.2, 0.25) is 0 Å². The standard InChI is InChI=1S/C9H19BO3/c1-2-3-4-5-6-7-8-9-13-10(11)12/h8-9,11-12H,2-7H2,1H3. The Balaban J connectivity index is 3.02. The average Bonchev–Trinajstić information content (AvgIpc) is 2.09. The van der Waals surface area contributed by atoms with Gasteiger partial charge in [-0.05, 0) is 12.8 Å². The Morgan fingerprint density at radius 3 is 2.46 bits per heavy atom. The zero-order valence-electron chi connectivity index (χ0n) is 8.28. The third-order valence-corrected chi connectivity index (χ3v) is 1.77. The van der Waals surface area contributed by atoms with Crippen molar-refractivity contribution in [1.29, 1.82) is 0 Å². The van der Waals surface area contributed by atoms with Crippen LogP contribution in [0, 0.1) is 0 Å². The molecule has 0 saturated carbocycles. The van der Waals surface area contributed by atoms with Crippen molar-refractivity contribution in [3.8, 4) is 0 Å². The van der Waals surface area contributed by atoms with Crippen LogP contribution in [0.5, 0.6) is 0 Å². The van der Waals surface area contributed by atoms with E-state index in [-0.39, 0.29) is 0 Å². The van der Waals surface area contributed by atoms with Crippen LogP contribution in [-0.2, 0) is 4.65 Å². The highest BCUT2D eigenvalue weighted by molar-refractivity contribution is 6.32. The van der Waals surface area contributed by atoms with Crippen molar-refractivity contribution in [3.63, 3.8) is 0 Å². The second-order valence-corrected chi connectivity index (χ2v) is 3.04. The summed E-state index contributed by atoms with van der Waals surface area (Å²) in [7, 11) is -1.68. The third kappa shape index (κ3) is 11.5. The molecule has 0 aliphatic rings. The van der Waals surface area contributed by atoms with Gasteiger partial charge in [0.2, 0.25) is 0 Å². The van der Waals surface area contributed by atoms with E-state index < -0.39 is 7.32 Å². The number of unbranched alkanes of at least 4 members (excludes halogenated alkanes) is 5. The maximum absolute atomic E-state index is 8.31. The summed E-state index contributed by atoms with van der Waals surface area (Å²) in [5.74, 6) is 0. The summed E-state index contributed by atoms with van der Waals surface area (Å²) in [6.45, 7) is 2.19. The molecule has 2 N–H and O–H groups in total. The highest BCUT2D eigenvalue weighted by atomic mass is 16.6. The van der Waals surface area contributed by atoms with Crippen LogP contribution in [0.3, 0.4) is 0 Å². The van der Waals surface area contributed by atoms with Gasteiger partial charge in [-0.15, -0.1) is 0 Å². The van der Waals surface area contributed by atoms with E-state index in [0.717, 1.165) is 12.8 Å². The van der Waals surface area contributed by atoms with Crippen LogP contribution < -0.4 is 0 Å². The molecule has 0 aromatic heterocycles. The van der Waals surface area contributed by atoms with Crippen LogP contribution in [0.15, 0.2) is 12.3 Å². The third-order valence-electron chi connectivity index (χ3n) is 1.77.